The molecule has 0 bridgehead atoms. The molecule has 4 heteroatoms. The molecule has 0 aliphatic heterocycles. The van der Waals surface area contributed by atoms with Crippen molar-refractivity contribution in [2.75, 3.05) is 0 Å². The molecule has 1 aliphatic carbocycles. The van der Waals surface area contributed by atoms with Gasteiger partial charge in [-0.2, -0.15) is 5.26 Å². The van der Waals surface area contributed by atoms with Gasteiger partial charge >= 0.3 is 0 Å². The number of nitriles is 1. The predicted octanol–water partition coefficient (Wildman–Crippen LogP) is 1.23. The quantitative estimate of drug-likeness (QED) is 0.785. The molecule has 0 spiro atoms. The summed E-state index contributed by atoms with van der Waals surface area (Å²) >= 11 is 1.52. The van der Waals surface area contributed by atoms with Crippen molar-refractivity contribution in [2.24, 2.45) is 0 Å². The summed E-state index contributed by atoms with van der Waals surface area (Å²) in [6.45, 7) is 0.809. The van der Waals surface area contributed by atoms with E-state index in [-0.39, 0.29) is 6.10 Å². The molecule has 1 saturated carbocycles. The van der Waals surface area contributed by atoms with Crippen molar-refractivity contribution in [3.8, 4) is 6.07 Å². The fourth-order valence-electron chi connectivity index (χ4n) is 1.53. The number of aliphatic hydroxyl groups excluding tert-OH is 1. The van der Waals surface area contributed by atoms with E-state index in [0.29, 0.717) is 6.04 Å². The lowest BCUT2D eigenvalue weighted by atomic mass is 9.89. The first kappa shape index (κ1) is 9.66. The van der Waals surface area contributed by atoms with Crippen LogP contribution in [0.3, 0.4) is 0 Å². The van der Waals surface area contributed by atoms with Crippen LogP contribution in [-0.4, -0.2) is 17.3 Å². The highest BCUT2D eigenvalue weighted by Gasteiger charge is 2.26. The molecule has 1 aliphatic rings. The minimum absolute atomic E-state index is 0.106. The zero-order chi connectivity index (χ0) is 9.97. The van der Waals surface area contributed by atoms with Crippen molar-refractivity contribution in [3.63, 3.8) is 0 Å². The predicted molar refractivity (Wildman–Crippen MR) is 54.9 cm³/mol. The molecule has 0 aromatic carbocycles. The molecule has 1 fully saturated rings. The van der Waals surface area contributed by atoms with Gasteiger partial charge in [-0.15, -0.1) is 11.3 Å². The van der Waals surface area contributed by atoms with Crippen LogP contribution in [0, 0.1) is 11.3 Å². The lowest BCUT2D eigenvalue weighted by Crippen LogP contribution is -2.43. The smallest absolute Gasteiger partial charge is 0.110 e. The summed E-state index contributed by atoms with van der Waals surface area (Å²) in [6.07, 6.45) is 1.61. The standard InChI is InChI=1S/C10H12N2OS/c11-5-9-1-2-10(14-9)6-12-7-3-8(13)4-7/h1-2,7-8,12-13H,3-4,6H2. The topological polar surface area (TPSA) is 56.0 Å². The van der Waals surface area contributed by atoms with Crippen molar-refractivity contribution in [3.05, 3.63) is 21.9 Å². The fraction of sp³-hybridized carbons (Fsp3) is 0.500. The molecule has 3 nitrogen and oxygen atoms in total. The molecule has 74 valence electrons. The van der Waals surface area contributed by atoms with Gasteiger partial charge in [-0.25, -0.2) is 0 Å². The van der Waals surface area contributed by atoms with Gasteiger partial charge in [0.25, 0.3) is 0 Å². The Labute approximate surface area is 87.0 Å². The van der Waals surface area contributed by atoms with Crippen molar-refractivity contribution in [1.82, 2.24) is 5.32 Å². The van der Waals surface area contributed by atoms with Crippen molar-refractivity contribution < 1.29 is 5.11 Å². The second kappa shape index (κ2) is 4.09. The monoisotopic (exact) mass is 208 g/mol. The molecule has 2 N–H and O–H groups in total. The summed E-state index contributed by atoms with van der Waals surface area (Å²) in [5, 5.41) is 21.0. The maximum atomic E-state index is 9.08. The first-order chi connectivity index (χ1) is 6.78. The molecule has 14 heavy (non-hydrogen) atoms. The maximum Gasteiger partial charge on any atom is 0.110 e. The zero-order valence-electron chi connectivity index (χ0n) is 7.73. The average Bonchev–Trinajstić information content (AvgIpc) is 2.58. The third-order valence-corrected chi connectivity index (χ3v) is 3.44. The van der Waals surface area contributed by atoms with Crippen LogP contribution in [0.1, 0.15) is 22.6 Å². The Hall–Kier alpha value is -0.890. The normalized spacial score (nSPS) is 25.4. The number of hydrogen-bond acceptors (Lipinski definition) is 4. The van der Waals surface area contributed by atoms with Crippen molar-refractivity contribution in [1.29, 1.82) is 5.26 Å². The Bertz CT molecular complexity index is 349. The summed E-state index contributed by atoms with van der Waals surface area (Å²) in [5.74, 6) is 0. The minimum Gasteiger partial charge on any atom is -0.393 e. The second-order valence-corrected chi connectivity index (χ2v) is 4.75. The van der Waals surface area contributed by atoms with E-state index in [2.05, 4.69) is 11.4 Å². The molecule has 2 rings (SSSR count). The number of nitrogens with one attached hydrogen (secondary N) is 1. The van der Waals surface area contributed by atoms with E-state index in [1.54, 1.807) is 0 Å². The third kappa shape index (κ3) is 2.13. The summed E-state index contributed by atoms with van der Waals surface area (Å²) in [5.41, 5.74) is 0. The molecule has 0 unspecified atom stereocenters. The van der Waals surface area contributed by atoms with E-state index >= 15 is 0 Å². The second-order valence-electron chi connectivity index (χ2n) is 3.58. The lowest BCUT2D eigenvalue weighted by Gasteiger charge is -2.31. The number of rotatable bonds is 3. The molecule has 1 aromatic heterocycles. The number of aliphatic hydroxyl groups is 1. The fourth-order valence-corrected chi connectivity index (χ4v) is 2.29. The van der Waals surface area contributed by atoms with Crippen LogP contribution in [-0.2, 0) is 6.54 Å². The van der Waals surface area contributed by atoms with Gasteiger partial charge in [0.2, 0.25) is 0 Å². The largest absolute Gasteiger partial charge is 0.393 e. The Morgan fingerprint density at radius 3 is 2.93 bits per heavy atom. The highest BCUT2D eigenvalue weighted by atomic mass is 32.1. The highest BCUT2D eigenvalue weighted by molar-refractivity contribution is 7.12. The van der Waals surface area contributed by atoms with Gasteiger partial charge in [0.05, 0.1) is 6.10 Å². The third-order valence-electron chi connectivity index (χ3n) is 2.45. The SMILES string of the molecule is N#Cc1ccc(CNC2CC(O)C2)s1. The average molecular weight is 208 g/mol. The van der Waals surface area contributed by atoms with E-state index in [4.69, 9.17) is 10.4 Å². The van der Waals surface area contributed by atoms with Gasteiger partial charge in [0.1, 0.15) is 10.9 Å². The van der Waals surface area contributed by atoms with Gasteiger partial charge in [-0.1, -0.05) is 0 Å². The first-order valence-corrected chi connectivity index (χ1v) is 5.50. The van der Waals surface area contributed by atoms with Crippen LogP contribution in [0.5, 0.6) is 0 Å². The Balaban J connectivity index is 1.78. The van der Waals surface area contributed by atoms with Crippen LogP contribution in [0.15, 0.2) is 12.1 Å². The van der Waals surface area contributed by atoms with E-state index in [1.807, 2.05) is 12.1 Å². The Kier molecular flexibility index (Phi) is 2.82. The van der Waals surface area contributed by atoms with E-state index in [9.17, 15) is 0 Å². The number of hydrogen-bond donors (Lipinski definition) is 2. The summed E-state index contributed by atoms with van der Waals surface area (Å²) in [7, 11) is 0. The van der Waals surface area contributed by atoms with Crippen LogP contribution >= 0.6 is 11.3 Å². The molecule has 1 heterocycles. The van der Waals surface area contributed by atoms with Crippen molar-refractivity contribution >= 4 is 11.3 Å². The van der Waals surface area contributed by atoms with E-state index in [0.717, 1.165) is 24.3 Å². The summed E-state index contributed by atoms with van der Waals surface area (Å²) in [6, 6.07) is 6.40. The van der Waals surface area contributed by atoms with Crippen LogP contribution in [0.2, 0.25) is 0 Å². The lowest BCUT2D eigenvalue weighted by molar-refractivity contribution is 0.0620. The molecular weight excluding hydrogens is 196 g/mol. The van der Waals surface area contributed by atoms with Crippen LogP contribution in [0.25, 0.3) is 0 Å². The molecule has 0 saturated heterocycles. The summed E-state index contributed by atoms with van der Waals surface area (Å²) < 4.78 is 0. The van der Waals surface area contributed by atoms with Gasteiger partial charge in [0.15, 0.2) is 0 Å². The van der Waals surface area contributed by atoms with Crippen molar-refractivity contribution in [2.45, 2.75) is 31.5 Å². The number of thiophene rings is 1. The summed E-state index contributed by atoms with van der Waals surface area (Å²) in [4.78, 5) is 1.94. The molecule has 1 aromatic rings. The Morgan fingerprint density at radius 1 is 1.57 bits per heavy atom. The highest BCUT2D eigenvalue weighted by Crippen LogP contribution is 2.21. The van der Waals surface area contributed by atoms with Gasteiger partial charge in [-0.05, 0) is 25.0 Å². The van der Waals surface area contributed by atoms with Gasteiger partial charge in [0, 0.05) is 17.5 Å². The molecule has 0 atom stereocenters. The minimum atomic E-state index is -0.106. The van der Waals surface area contributed by atoms with Gasteiger partial charge < -0.3 is 10.4 Å². The van der Waals surface area contributed by atoms with Gasteiger partial charge in [-0.3, -0.25) is 0 Å². The van der Waals surface area contributed by atoms with E-state index < -0.39 is 0 Å². The molecule has 0 amide bonds. The van der Waals surface area contributed by atoms with Crippen LogP contribution in [0.4, 0.5) is 0 Å². The zero-order valence-corrected chi connectivity index (χ0v) is 8.55. The Morgan fingerprint density at radius 2 is 2.36 bits per heavy atom. The number of nitrogens with zero attached hydrogens (tertiary/aromatic N) is 1. The van der Waals surface area contributed by atoms with E-state index in [1.165, 1.54) is 16.2 Å². The van der Waals surface area contributed by atoms with Crippen LogP contribution < -0.4 is 5.32 Å². The first-order valence-electron chi connectivity index (χ1n) is 4.68. The maximum absolute atomic E-state index is 9.08. The molecular formula is C10H12N2OS. The molecule has 0 radical (unpaired) electrons.